The van der Waals surface area contributed by atoms with Crippen LogP contribution in [0.5, 0.6) is 0 Å². The molecule has 0 aromatic heterocycles. The maximum Gasteiger partial charge on any atom is 0.224 e. The first-order valence-corrected chi connectivity index (χ1v) is 9.04. The zero-order valence-corrected chi connectivity index (χ0v) is 15.0. The number of carbonyl (C=O) groups is 1. The fraction of sp³-hybridized carbons (Fsp3) is 0.533. The minimum absolute atomic E-state index is 0. The summed E-state index contributed by atoms with van der Waals surface area (Å²) in [6, 6.07) is 6.65. The van der Waals surface area contributed by atoms with Crippen molar-refractivity contribution in [3.05, 3.63) is 33.8 Å². The van der Waals surface area contributed by atoms with Gasteiger partial charge in [0.15, 0.2) is 0 Å². The van der Waals surface area contributed by atoms with Crippen LogP contribution in [-0.4, -0.2) is 41.4 Å². The summed E-state index contributed by atoms with van der Waals surface area (Å²) in [6.07, 6.45) is 1.60. The van der Waals surface area contributed by atoms with E-state index in [2.05, 4.69) is 39.4 Å². The SMILES string of the molecule is Cl.O=C(CC1CSCCN1)N1CCc2cccc(Br)c2C1. The lowest BCUT2D eigenvalue weighted by atomic mass is 9.99. The van der Waals surface area contributed by atoms with Crippen molar-refractivity contribution in [3.63, 3.8) is 0 Å². The molecule has 6 heteroatoms. The molecule has 1 aromatic carbocycles. The number of benzene rings is 1. The third kappa shape index (κ3) is 4.15. The first kappa shape index (κ1) is 17.1. The van der Waals surface area contributed by atoms with Gasteiger partial charge in [0.25, 0.3) is 0 Å². The summed E-state index contributed by atoms with van der Waals surface area (Å²) in [5.41, 5.74) is 2.65. The molecule has 1 fully saturated rings. The summed E-state index contributed by atoms with van der Waals surface area (Å²) in [4.78, 5) is 14.5. The number of hydrogen-bond donors (Lipinski definition) is 1. The Morgan fingerprint density at radius 3 is 3.10 bits per heavy atom. The lowest BCUT2D eigenvalue weighted by molar-refractivity contribution is -0.132. The quantitative estimate of drug-likeness (QED) is 0.841. The van der Waals surface area contributed by atoms with Crippen molar-refractivity contribution in [2.45, 2.75) is 25.4 Å². The predicted molar refractivity (Wildman–Crippen MR) is 94.2 cm³/mol. The highest BCUT2D eigenvalue weighted by Gasteiger charge is 2.25. The van der Waals surface area contributed by atoms with Gasteiger partial charge in [-0.05, 0) is 23.6 Å². The molecular formula is C15H20BrClN2OS. The second kappa shape index (κ2) is 7.86. The minimum Gasteiger partial charge on any atom is -0.338 e. The smallest absolute Gasteiger partial charge is 0.224 e. The zero-order valence-electron chi connectivity index (χ0n) is 11.8. The van der Waals surface area contributed by atoms with E-state index in [1.54, 1.807) is 0 Å². The van der Waals surface area contributed by atoms with Crippen molar-refractivity contribution in [1.82, 2.24) is 10.2 Å². The van der Waals surface area contributed by atoms with Gasteiger partial charge in [-0.15, -0.1) is 12.4 Å². The molecule has 2 heterocycles. The largest absolute Gasteiger partial charge is 0.338 e. The van der Waals surface area contributed by atoms with Crippen LogP contribution in [-0.2, 0) is 17.8 Å². The monoisotopic (exact) mass is 390 g/mol. The van der Waals surface area contributed by atoms with Crippen LogP contribution in [0.25, 0.3) is 0 Å². The van der Waals surface area contributed by atoms with Crippen molar-refractivity contribution >= 4 is 46.0 Å². The van der Waals surface area contributed by atoms with Crippen LogP contribution in [0.3, 0.4) is 0 Å². The van der Waals surface area contributed by atoms with Crippen LogP contribution in [0, 0.1) is 0 Å². The number of nitrogens with zero attached hydrogens (tertiary/aromatic N) is 1. The Labute approximate surface area is 144 Å². The van der Waals surface area contributed by atoms with E-state index in [0.717, 1.165) is 42.0 Å². The number of nitrogens with one attached hydrogen (secondary N) is 1. The van der Waals surface area contributed by atoms with Gasteiger partial charge in [0.1, 0.15) is 0 Å². The molecular weight excluding hydrogens is 372 g/mol. The van der Waals surface area contributed by atoms with Crippen LogP contribution in [0.4, 0.5) is 0 Å². The first-order chi connectivity index (χ1) is 9.74. The number of hydrogen-bond acceptors (Lipinski definition) is 3. The number of rotatable bonds is 2. The van der Waals surface area contributed by atoms with E-state index in [1.807, 2.05) is 16.7 Å². The lowest BCUT2D eigenvalue weighted by Crippen LogP contribution is -2.44. The van der Waals surface area contributed by atoms with Gasteiger partial charge >= 0.3 is 0 Å². The molecule has 0 aliphatic carbocycles. The average molecular weight is 392 g/mol. The maximum atomic E-state index is 12.4. The lowest BCUT2D eigenvalue weighted by Gasteiger charge is -2.31. The van der Waals surface area contributed by atoms with Gasteiger partial charge in [-0.25, -0.2) is 0 Å². The molecule has 116 valence electrons. The highest BCUT2D eigenvalue weighted by molar-refractivity contribution is 9.10. The Morgan fingerprint density at radius 1 is 1.48 bits per heavy atom. The van der Waals surface area contributed by atoms with E-state index in [0.29, 0.717) is 12.5 Å². The van der Waals surface area contributed by atoms with Crippen LogP contribution in [0.2, 0.25) is 0 Å². The highest BCUT2D eigenvalue weighted by Crippen LogP contribution is 2.27. The Morgan fingerprint density at radius 2 is 2.33 bits per heavy atom. The van der Waals surface area contributed by atoms with Gasteiger partial charge in [-0.2, -0.15) is 11.8 Å². The van der Waals surface area contributed by atoms with Crippen LogP contribution in [0.1, 0.15) is 17.5 Å². The van der Waals surface area contributed by atoms with Crippen LogP contribution >= 0.6 is 40.1 Å². The van der Waals surface area contributed by atoms with Crippen LogP contribution in [0.15, 0.2) is 22.7 Å². The number of halogens is 2. The molecule has 0 spiro atoms. The maximum absolute atomic E-state index is 12.4. The standard InChI is InChI=1S/C15H19BrN2OS.ClH/c16-14-3-1-2-11-4-6-18(9-13(11)14)15(19)8-12-10-20-7-5-17-12;/h1-3,12,17H,4-10H2;1H. The normalized spacial score (nSPS) is 21.4. The highest BCUT2D eigenvalue weighted by atomic mass is 79.9. The molecule has 0 bridgehead atoms. The topological polar surface area (TPSA) is 32.3 Å². The van der Waals surface area contributed by atoms with E-state index < -0.39 is 0 Å². The summed E-state index contributed by atoms with van der Waals surface area (Å²) in [5.74, 6) is 2.50. The van der Waals surface area contributed by atoms with Crippen molar-refractivity contribution in [2.24, 2.45) is 0 Å². The van der Waals surface area contributed by atoms with Gasteiger partial charge in [0, 0.05) is 48.1 Å². The molecule has 2 aliphatic rings. The van der Waals surface area contributed by atoms with Gasteiger partial charge < -0.3 is 10.2 Å². The summed E-state index contributed by atoms with van der Waals surface area (Å²) < 4.78 is 1.12. The molecule has 0 saturated carbocycles. The van der Waals surface area contributed by atoms with Gasteiger partial charge in [0.2, 0.25) is 5.91 Å². The van der Waals surface area contributed by atoms with Crippen molar-refractivity contribution in [2.75, 3.05) is 24.6 Å². The molecule has 1 N–H and O–H groups in total. The summed E-state index contributed by atoms with van der Waals surface area (Å²) >= 11 is 5.55. The van der Waals surface area contributed by atoms with Gasteiger partial charge in [-0.1, -0.05) is 28.1 Å². The van der Waals surface area contributed by atoms with Crippen molar-refractivity contribution in [3.8, 4) is 0 Å². The Kier molecular flexibility index (Phi) is 6.41. The second-order valence-corrected chi connectivity index (χ2v) is 7.38. The molecule has 3 rings (SSSR count). The van der Waals surface area contributed by atoms with E-state index in [9.17, 15) is 4.79 Å². The molecule has 21 heavy (non-hydrogen) atoms. The van der Waals surface area contributed by atoms with Crippen molar-refractivity contribution in [1.29, 1.82) is 0 Å². The van der Waals surface area contributed by atoms with E-state index in [4.69, 9.17) is 0 Å². The summed E-state index contributed by atoms with van der Waals surface area (Å²) in [5, 5.41) is 3.44. The third-order valence-electron chi connectivity index (χ3n) is 3.99. The predicted octanol–water partition coefficient (Wildman–Crippen LogP) is 2.85. The summed E-state index contributed by atoms with van der Waals surface area (Å²) in [7, 11) is 0. The Bertz CT molecular complexity index is 508. The van der Waals surface area contributed by atoms with E-state index in [-0.39, 0.29) is 18.3 Å². The van der Waals surface area contributed by atoms with E-state index >= 15 is 0 Å². The van der Waals surface area contributed by atoms with Gasteiger partial charge in [0.05, 0.1) is 0 Å². The second-order valence-electron chi connectivity index (χ2n) is 5.37. The third-order valence-corrected chi connectivity index (χ3v) is 5.86. The minimum atomic E-state index is 0. The van der Waals surface area contributed by atoms with Gasteiger partial charge in [-0.3, -0.25) is 4.79 Å². The average Bonchev–Trinajstić information content (AvgIpc) is 2.48. The molecule has 3 nitrogen and oxygen atoms in total. The molecule has 1 atom stereocenters. The Balaban J connectivity index is 0.00000161. The Hall–Kier alpha value is -0.230. The fourth-order valence-corrected chi connectivity index (χ4v) is 4.33. The fourth-order valence-electron chi connectivity index (χ4n) is 2.84. The molecule has 0 radical (unpaired) electrons. The zero-order chi connectivity index (χ0) is 13.9. The van der Waals surface area contributed by atoms with Crippen molar-refractivity contribution < 1.29 is 4.79 Å². The molecule has 1 saturated heterocycles. The number of amides is 1. The molecule has 1 unspecified atom stereocenters. The molecule has 2 aliphatic heterocycles. The van der Waals surface area contributed by atoms with E-state index in [1.165, 1.54) is 11.1 Å². The number of thioether (sulfide) groups is 1. The van der Waals surface area contributed by atoms with Crippen LogP contribution < -0.4 is 5.32 Å². The first-order valence-electron chi connectivity index (χ1n) is 7.09. The number of fused-ring (bicyclic) bond motifs is 1. The number of carbonyl (C=O) groups excluding carboxylic acids is 1. The molecule has 1 aromatic rings. The molecule has 1 amide bonds. The summed E-state index contributed by atoms with van der Waals surface area (Å²) in [6.45, 7) is 2.62.